The number of ether oxygens (including phenoxy) is 1. The molecule has 11 heteroatoms. The summed E-state index contributed by atoms with van der Waals surface area (Å²) in [7, 11) is 0. The monoisotopic (exact) mass is 565 g/mol. The van der Waals surface area contributed by atoms with E-state index < -0.39 is 36.2 Å². The minimum Gasteiger partial charge on any atom is -0.373 e. The maximum Gasteiger partial charge on any atom is 0.416 e. The van der Waals surface area contributed by atoms with E-state index in [2.05, 4.69) is 15.6 Å². The summed E-state index contributed by atoms with van der Waals surface area (Å²) in [6, 6.07) is 14.1. The molecule has 0 saturated heterocycles. The van der Waals surface area contributed by atoms with Crippen LogP contribution in [0.4, 0.5) is 31.1 Å². The number of nitrogens with zero attached hydrogens (tertiary/aromatic N) is 1. The Kier molecular flexibility index (Phi) is 9.34. The van der Waals surface area contributed by atoms with Crippen LogP contribution in [0.2, 0.25) is 0 Å². The van der Waals surface area contributed by atoms with Crippen LogP contribution in [0.15, 0.2) is 73.1 Å². The Morgan fingerprint density at radius 1 is 0.875 bits per heavy atom. The highest BCUT2D eigenvalue weighted by molar-refractivity contribution is 5.73. The molecule has 2 N–H and O–H groups in total. The minimum absolute atomic E-state index is 0.0578. The van der Waals surface area contributed by atoms with E-state index in [1.165, 1.54) is 0 Å². The highest BCUT2D eigenvalue weighted by atomic mass is 19.4. The molecule has 0 aliphatic heterocycles. The Morgan fingerprint density at radius 2 is 1.57 bits per heavy atom. The molecule has 0 spiro atoms. The van der Waals surface area contributed by atoms with Crippen molar-refractivity contribution in [1.82, 2.24) is 15.6 Å². The van der Waals surface area contributed by atoms with Gasteiger partial charge in [-0.15, -0.1) is 0 Å². The fourth-order valence-corrected chi connectivity index (χ4v) is 5.10. The average molecular weight is 566 g/mol. The molecule has 1 heterocycles. The van der Waals surface area contributed by atoms with Gasteiger partial charge in [0.15, 0.2) is 0 Å². The lowest BCUT2D eigenvalue weighted by Crippen LogP contribution is -2.42. The fraction of sp³-hybridized carbons (Fsp3) is 0.379. The maximum absolute atomic E-state index is 13.3. The van der Waals surface area contributed by atoms with Gasteiger partial charge in [0.05, 0.1) is 23.8 Å². The van der Waals surface area contributed by atoms with Crippen LogP contribution in [0.5, 0.6) is 0 Å². The Hall–Kier alpha value is -3.60. The van der Waals surface area contributed by atoms with Crippen molar-refractivity contribution in [2.75, 3.05) is 6.54 Å². The molecule has 5 nitrogen and oxygen atoms in total. The third-order valence-electron chi connectivity index (χ3n) is 6.97. The molecule has 1 saturated carbocycles. The van der Waals surface area contributed by atoms with Crippen LogP contribution in [0, 0.1) is 5.92 Å². The highest BCUT2D eigenvalue weighted by Crippen LogP contribution is 2.41. The van der Waals surface area contributed by atoms with Crippen molar-refractivity contribution in [3.8, 4) is 0 Å². The molecule has 3 aromatic rings. The molecular weight excluding hydrogens is 536 g/mol. The molecule has 3 atom stereocenters. The van der Waals surface area contributed by atoms with Crippen LogP contribution in [0.25, 0.3) is 0 Å². The Labute approximate surface area is 228 Å². The summed E-state index contributed by atoms with van der Waals surface area (Å²) in [6.07, 6.45) is -4.96. The number of nitrogens with one attached hydrogen (secondary N) is 2. The van der Waals surface area contributed by atoms with Crippen molar-refractivity contribution in [3.63, 3.8) is 0 Å². The van der Waals surface area contributed by atoms with Gasteiger partial charge in [0.1, 0.15) is 0 Å². The first-order chi connectivity index (χ1) is 19.0. The van der Waals surface area contributed by atoms with Crippen molar-refractivity contribution in [3.05, 3.63) is 101 Å². The lowest BCUT2D eigenvalue weighted by molar-refractivity contribution is -0.143. The molecular formula is C29H29F6N3O2. The SMILES string of the molecule is O=C(NCc1cccnc1)NC[C@H]1CCC[C@H](OCc2cc(C(F)(F)F)cc(C(F)(F)F)c2)[C@@H]1c1ccccc1. The number of hydrogen-bond donors (Lipinski definition) is 2. The number of carbonyl (C=O) groups excluding carboxylic acids is 1. The Balaban J connectivity index is 1.47. The summed E-state index contributed by atoms with van der Waals surface area (Å²) in [5, 5.41) is 5.67. The molecule has 1 fully saturated rings. The standard InChI is InChI=1S/C29H29F6N3O2/c30-28(31,32)23-12-20(13-24(14-23)29(33,34)35)18-40-25-10-4-9-22(26(25)21-7-2-1-3-8-21)17-38-27(39)37-16-19-6-5-11-36-15-19/h1-3,5-8,11-15,22,25-26H,4,9-10,16-18H2,(H2,37,38,39)/t22-,25+,26-/m1/s1. The molecule has 1 aromatic heterocycles. The number of urea groups is 1. The first-order valence-corrected chi connectivity index (χ1v) is 12.9. The summed E-state index contributed by atoms with van der Waals surface area (Å²) in [5.41, 5.74) is -1.18. The van der Waals surface area contributed by atoms with Gasteiger partial charge in [-0.3, -0.25) is 4.98 Å². The van der Waals surface area contributed by atoms with Crippen LogP contribution in [-0.2, 0) is 30.2 Å². The molecule has 1 aliphatic rings. The van der Waals surface area contributed by atoms with Gasteiger partial charge in [-0.25, -0.2) is 4.79 Å². The molecule has 0 unspecified atom stereocenters. The second-order valence-corrected chi connectivity index (χ2v) is 9.82. The molecule has 2 aromatic carbocycles. The van der Waals surface area contributed by atoms with E-state index in [1.807, 2.05) is 36.4 Å². The van der Waals surface area contributed by atoms with Gasteiger partial charge >= 0.3 is 18.4 Å². The zero-order valence-electron chi connectivity index (χ0n) is 21.4. The normalized spacial score (nSPS) is 19.7. The first-order valence-electron chi connectivity index (χ1n) is 12.9. The van der Waals surface area contributed by atoms with Gasteiger partial charge in [-0.1, -0.05) is 42.8 Å². The number of hydrogen-bond acceptors (Lipinski definition) is 3. The largest absolute Gasteiger partial charge is 0.416 e. The molecule has 214 valence electrons. The van der Waals surface area contributed by atoms with Gasteiger partial charge in [0.25, 0.3) is 0 Å². The molecule has 40 heavy (non-hydrogen) atoms. The predicted octanol–water partition coefficient (Wildman–Crippen LogP) is 7.09. The lowest BCUT2D eigenvalue weighted by atomic mass is 9.73. The van der Waals surface area contributed by atoms with Crippen molar-refractivity contribution in [2.24, 2.45) is 5.92 Å². The summed E-state index contributed by atoms with van der Waals surface area (Å²) in [5.74, 6) is -0.279. The number of pyridine rings is 1. The first kappa shape index (κ1) is 29.4. The summed E-state index contributed by atoms with van der Waals surface area (Å²) >= 11 is 0. The second kappa shape index (κ2) is 12.7. The van der Waals surface area contributed by atoms with Crippen LogP contribution in [0.1, 0.15) is 53.0 Å². The smallest absolute Gasteiger partial charge is 0.373 e. The van der Waals surface area contributed by atoms with Crippen molar-refractivity contribution in [1.29, 1.82) is 0 Å². The second-order valence-electron chi connectivity index (χ2n) is 9.82. The lowest BCUT2D eigenvalue weighted by Gasteiger charge is -2.38. The van der Waals surface area contributed by atoms with Crippen LogP contribution >= 0.6 is 0 Å². The zero-order chi connectivity index (χ0) is 28.8. The van der Waals surface area contributed by atoms with Crippen molar-refractivity contribution < 1.29 is 35.9 Å². The van der Waals surface area contributed by atoms with Crippen molar-refractivity contribution in [2.45, 2.75) is 56.8 Å². The topological polar surface area (TPSA) is 63.2 Å². The van der Waals surface area contributed by atoms with Gasteiger partial charge in [0.2, 0.25) is 0 Å². The molecule has 1 aliphatic carbocycles. The average Bonchev–Trinajstić information content (AvgIpc) is 2.93. The van der Waals surface area contributed by atoms with Gasteiger partial charge in [-0.05, 0) is 59.7 Å². The zero-order valence-corrected chi connectivity index (χ0v) is 21.4. The number of aromatic nitrogens is 1. The summed E-state index contributed by atoms with van der Waals surface area (Å²) < 4.78 is 85.9. The van der Waals surface area contributed by atoms with E-state index in [4.69, 9.17) is 4.74 Å². The van der Waals surface area contributed by atoms with E-state index >= 15 is 0 Å². The molecule has 0 bridgehead atoms. The fourth-order valence-electron chi connectivity index (χ4n) is 5.10. The number of benzene rings is 2. The molecule has 0 radical (unpaired) electrons. The van der Waals surface area contributed by atoms with Gasteiger partial charge in [-0.2, -0.15) is 26.3 Å². The van der Waals surface area contributed by atoms with E-state index in [0.717, 1.165) is 24.0 Å². The number of amides is 2. The number of carbonyl (C=O) groups is 1. The van der Waals surface area contributed by atoms with Crippen molar-refractivity contribution >= 4 is 6.03 Å². The Morgan fingerprint density at radius 3 is 2.20 bits per heavy atom. The van der Waals surface area contributed by atoms with E-state index in [-0.39, 0.29) is 29.5 Å². The summed E-state index contributed by atoms with van der Waals surface area (Å²) in [4.78, 5) is 16.5. The minimum atomic E-state index is -4.93. The Bertz CT molecular complexity index is 1220. The van der Waals surface area contributed by atoms with E-state index in [1.54, 1.807) is 18.5 Å². The number of rotatable bonds is 8. The van der Waals surface area contributed by atoms with Crippen LogP contribution in [-0.4, -0.2) is 23.7 Å². The van der Waals surface area contributed by atoms with Gasteiger partial charge < -0.3 is 15.4 Å². The number of alkyl halides is 6. The van der Waals surface area contributed by atoms with E-state index in [0.29, 0.717) is 31.6 Å². The van der Waals surface area contributed by atoms with E-state index in [9.17, 15) is 31.1 Å². The quantitative estimate of drug-likeness (QED) is 0.287. The van der Waals surface area contributed by atoms with Gasteiger partial charge in [0, 0.05) is 31.4 Å². The molecule has 2 amide bonds. The summed E-state index contributed by atoms with van der Waals surface area (Å²) in [6.45, 7) is 0.210. The molecule has 4 rings (SSSR count). The number of halogens is 6. The predicted molar refractivity (Wildman–Crippen MR) is 136 cm³/mol. The van der Waals surface area contributed by atoms with Crippen LogP contribution < -0.4 is 10.6 Å². The third kappa shape index (κ3) is 7.97. The highest BCUT2D eigenvalue weighted by Gasteiger charge is 2.38. The third-order valence-corrected chi connectivity index (χ3v) is 6.97. The maximum atomic E-state index is 13.3. The van der Waals surface area contributed by atoms with Crippen LogP contribution in [0.3, 0.4) is 0 Å².